The summed E-state index contributed by atoms with van der Waals surface area (Å²) in [4.78, 5) is 12.1. The zero-order valence-electron chi connectivity index (χ0n) is 14.7. The van der Waals surface area contributed by atoms with E-state index < -0.39 is 10.1 Å². The van der Waals surface area contributed by atoms with Gasteiger partial charge in [-0.15, -0.1) is 0 Å². The predicted octanol–water partition coefficient (Wildman–Crippen LogP) is 3.60. The predicted molar refractivity (Wildman–Crippen MR) is 97.4 cm³/mol. The van der Waals surface area contributed by atoms with Gasteiger partial charge >= 0.3 is 10.1 Å². The fourth-order valence-electron chi connectivity index (χ4n) is 2.29. The molecule has 0 atom stereocenters. The highest BCUT2D eigenvalue weighted by molar-refractivity contribution is 7.87. The van der Waals surface area contributed by atoms with Gasteiger partial charge in [-0.1, -0.05) is 25.5 Å². The van der Waals surface area contributed by atoms with Crippen LogP contribution in [0, 0.1) is 13.8 Å². The molecule has 0 aromatic heterocycles. The van der Waals surface area contributed by atoms with Crippen LogP contribution in [0.4, 0.5) is 0 Å². The molecule has 0 saturated heterocycles. The van der Waals surface area contributed by atoms with Crippen LogP contribution in [0.2, 0.25) is 0 Å². The number of nitrogens with one attached hydrogen (secondary N) is 1. The average Bonchev–Trinajstić information content (AvgIpc) is 2.57. The maximum Gasteiger partial charge on any atom is 0.339 e. The van der Waals surface area contributed by atoms with Crippen molar-refractivity contribution >= 4 is 16.0 Å². The summed E-state index contributed by atoms with van der Waals surface area (Å²) in [5.41, 5.74) is 1.93. The van der Waals surface area contributed by atoms with Crippen molar-refractivity contribution in [3.05, 3.63) is 59.2 Å². The highest BCUT2D eigenvalue weighted by Crippen LogP contribution is 2.22. The Morgan fingerprint density at radius 3 is 2.40 bits per heavy atom. The van der Waals surface area contributed by atoms with Crippen LogP contribution in [-0.4, -0.2) is 20.9 Å². The van der Waals surface area contributed by atoms with Gasteiger partial charge in [-0.25, -0.2) is 0 Å². The molecule has 6 heteroatoms. The second-order valence-corrected chi connectivity index (χ2v) is 7.45. The zero-order valence-corrected chi connectivity index (χ0v) is 15.5. The first-order valence-electron chi connectivity index (χ1n) is 8.23. The summed E-state index contributed by atoms with van der Waals surface area (Å²) in [6.07, 6.45) is 1.92. The van der Waals surface area contributed by atoms with Crippen LogP contribution in [-0.2, 0) is 10.1 Å². The number of benzene rings is 2. The van der Waals surface area contributed by atoms with Crippen molar-refractivity contribution in [2.45, 2.75) is 38.5 Å². The third kappa shape index (κ3) is 5.06. The molecule has 0 bridgehead atoms. The molecule has 0 aliphatic rings. The lowest BCUT2D eigenvalue weighted by atomic mass is 10.2. The highest BCUT2D eigenvalue weighted by atomic mass is 32.2. The number of amides is 1. The number of rotatable bonds is 7. The summed E-state index contributed by atoms with van der Waals surface area (Å²) in [6, 6.07) is 11.2. The van der Waals surface area contributed by atoms with Crippen LogP contribution >= 0.6 is 0 Å². The SMILES string of the molecule is CCCCNC(=O)c1ccc(OS(=O)(=O)c2cc(C)ccc2C)cc1. The van der Waals surface area contributed by atoms with Gasteiger partial charge in [-0.2, -0.15) is 8.42 Å². The van der Waals surface area contributed by atoms with E-state index in [4.69, 9.17) is 4.18 Å². The van der Waals surface area contributed by atoms with Crippen LogP contribution in [0.5, 0.6) is 5.75 Å². The van der Waals surface area contributed by atoms with E-state index in [1.165, 1.54) is 12.1 Å². The molecule has 0 unspecified atom stereocenters. The Hall–Kier alpha value is -2.34. The van der Waals surface area contributed by atoms with Crippen molar-refractivity contribution in [2.24, 2.45) is 0 Å². The molecule has 0 fully saturated rings. The van der Waals surface area contributed by atoms with Gasteiger partial charge in [0.25, 0.3) is 5.91 Å². The monoisotopic (exact) mass is 361 g/mol. The summed E-state index contributed by atoms with van der Waals surface area (Å²) >= 11 is 0. The first-order valence-corrected chi connectivity index (χ1v) is 9.64. The summed E-state index contributed by atoms with van der Waals surface area (Å²) in [7, 11) is -3.92. The zero-order chi connectivity index (χ0) is 18.4. The van der Waals surface area contributed by atoms with Gasteiger partial charge in [0.1, 0.15) is 10.6 Å². The summed E-state index contributed by atoms with van der Waals surface area (Å²) in [5.74, 6) is -0.0107. The fraction of sp³-hybridized carbons (Fsp3) is 0.316. The van der Waals surface area contributed by atoms with E-state index in [9.17, 15) is 13.2 Å². The molecule has 25 heavy (non-hydrogen) atoms. The van der Waals surface area contributed by atoms with E-state index in [1.54, 1.807) is 31.2 Å². The molecule has 0 aliphatic heterocycles. The highest BCUT2D eigenvalue weighted by Gasteiger charge is 2.19. The van der Waals surface area contributed by atoms with E-state index in [1.807, 2.05) is 13.0 Å². The van der Waals surface area contributed by atoms with E-state index in [0.717, 1.165) is 18.4 Å². The first kappa shape index (κ1) is 19.0. The molecule has 1 amide bonds. The van der Waals surface area contributed by atoms with Gasteiger partial charge in [-0.05, 0) is 61.7 Å². The minimum Gasteiger partial charge on any atom is -0.379 e. The Bertz CT molecular complexity index is 842. The molecular formula is C19H23NO4S. The van der Waals surface area contributed by atoms with Crippen molar-refractivity contribution in [3.8, 4) is 5.75 Å². The minimum absolute atomic E-state index is 0.147. The Kier molecular flexibility index (Phi) is 6.20. The first-order chi connectivity index (χ1) is 11.8. The van der Waals surface area contributed by atoms with Crippen molar-refractivity contribution in [1.29, 1.82) is 0 Å². The topological polar surface area (TPSA) is 72.5 Å². The third-order valence-corrected chi connectivity index (χ3v) is 5.14. The molecule has 134 valence electrons. The molecule has 0 radical (unpaired) electrons. The number of aryl methyl sites for hydroxylation is 2. The summed E-state index contributed by atoms with van der Waals surface area (Å²) in [6.45, 7) is 6.22. The number of carbonyl (C=O) groups is 1. The normalized spacial score (nSPS) is 11.2. The van der Waals surface area contributed by atoms with Crippen LogP contribution in [0.25, 0.3) is 0 Å². The van der Waals surface area contributed by atoms with Crippen LogP contribution in [0.3, 0.4) is 0 Å². The molecule has 5 nitrogen and oxygen atoms in total. The van der Waals surface area contributed by atoms with E-state index in [2.05, 4.69) is 12.2 Å². The number of hydrogen-bond acceptors (Lipinski definition) is 4. The second kappa shape index (κ2) is 8.16. The minimum atomic E-state index is -3.92. The maximum absolute atomic E-state index is 12.5. The van der Waals surface area contributed by atoms with Gasteiger partial charge < -0.3 is 9.50 Å². The van der Waals surface area contributed by atoms with Gasteiger partial charge in [0, 0.05) is 12.1 Å². The number of unbranched alkanes of at least 4 members (excludes halogenated alkanes) is 1. The fourth-order valence-corrected chi connectivity index (χ4v) is 3.54. The van der Waals surface area contributed by atoms with Crippen LogP contribution in [0.1, 0.15) is 41.3 Å². The Labute approximate surface area is 149 Å². The molecule has 2 aromatic carbocycles. The van der Waals surface area contributed by atoms with Crippen molar-refractivity contribution in [2.75, 3.05) is 6.54 Å². The molecule has 2 aromatic rings. The van der Waals surface area contributed by atoms with E-state index in [-0.39, 0.29) is 16.6 Å². The Morgan fingerprint density at radius 1 is 1.08 bits per heavy atom. The lowest BCUT2D eigenvalue weighted by molar-refractivity contribution is 0.0953. The van der Waals surface area contributed by atoms with Gasteiger partial charge in [-0.3, -0.25) is 4.79 Å². The van der Waals surface area contributed by atoms with Crippen molar-refractivity contribution in [3.63, 3.8) is 0 Å². The molecule has 0 saturated carbocycles. The lowest BCUT2D eigenvalue weighted by Gasteiger charge is -2.10. The number of carbonyl (C=O) groups excluding carboxylic acids is 1. The maximum atomic E-state index is 12.5. The molecule has 0 heterocycles. The van der Waals surface area contributed by atoms with Gasteiger partial charge in [0.2, 0.25) is 0 Å². The molecule has 0 aliphatic carbocycles. The smallest absolute Gasteiger partial charge is 0.339 e. The summed E-state index contributed by atoms with van der Waals surface area (Å²) < 4.78 is 30.1. The Morgan fingerprint density at radius 2 is 1.76 bits per heavy atom. The van der Waals surface area contributed by atoms with E-state index >= 15 is 0 Å². The molecular weight excluding hydrogens is 338 g/mol. The van der Waals surface area contributed by atoms with Gasteiger partial charge in [0.05, 0.1) is 0 Å². The Balaban J connectivity index is 2.12. The second-order valence-electron chi connectivity index (χ2n) is 5.94. The van der Waals surface area contributed by atoms with Crippen molar-refractivity contribution < 1.29 is 17.4 Å². The molecule has 2 rings (SSSR count). The largest absolute Gasteiger partial charge is 0.379 e. The van der Waals surface area contributed by atoms with Gasteiger partial charge in [0.15, 0.2) is 0 Å². The standard InChI is InChI=1S/C19H23NO4S/c1-4-5-12-20-19(21)16-8-10-17(11-9-16)24-25(22,23)18-13-14(2)6-7-15(18)3/h6-11,13H,4-5,12H2,1-3H3,(H,20,21). The van der Waals surface area contributed by atoms with Crippen LogP contribution < -0.4 is 9.50 Å². The summed E-state index contributed by atoms with van der Waals surface area (Å²) in [5, 5.41) is 2.81. The van der Waals surface area contributed by atoms with Crippen LogP contribution in [0.15, 0.2) is 47.4 Å². The number of hydrogen-bond donors (Lipinski definition) is 1. The molecule has 0 spiro atoms. The third-order valence-electron chi connectivity index (χ3n) is 3.75. The van der Waals surface area contributed by atoms with Crippen molar-refractivity contribution in [1.82, 2.24) is 5.32 Å². The lowest BCUT2D eigenvalue weighted by Crippen LogP contribution is -2.24. The van der Waals surface area contributed by atoms with E-state index in [0.29, 0.717) is 17.7 Å². The molecule has 1 N–H and O–H groups in total. The average molecular weight is 361 g/mol. The quantitative estimate of drug-likeness (QED) is 0.604.